The summed E-state index contributed by atoms with van der Waals surface area (Å²) in [6.07, 6.45) is 0.787. The van der Waals surface area contributed by atoms with E-state index < -0.39 is 0 Å². The number of carbonyl (C=O) groups excluding carboxylic acids is 1. The number of carbonyl (C=O) groups is 1. The Morgan fingerprint density at radius 2 is 2.00 bits per heavy atom. The number of rotatable bonds is 6. The van der Waals surface area contributed by atoms with Gasteiger partial charge < -0.3 is 14.6 Å². The lowest BCUT2D eigenvalue weighted by Gasteiger charge is -2.14. The van der Waals surface area contributed by atoms with Gasteiger partial charge in [-0.05, 0) is 23.3 Å². The molecular weight excluding hydrogens is 304 g/mol. The van der Waals surface area contributed by atoms with Gasteiger partial charge in [-0.25, -0.2) is 0 Å². The Labute approximate surface area is 140 Å². The fourth-order valence-electron chi connectivity index (χ4n) is 2.58. The number of ether oxygens (including phenoxy) is 1. The van der Waals surface area contributed by atoms with E-state index >= 15 is 0 Å². The summed E-state index contributed by atoms with van der Waals surface area (Å²) >= 11 is 0. The van der Waals surface area contributed by atoms with E-state index in [2.05, 4.69) is 16.5 Å². The largest absolute Gasteiger partial charge is 0.383 e. The zero-order chi connectivity index (χ0) is 16.9. The second-order valence-electron chi connectivity index (χ2n) is 5.67. The van der Waals surface area contributed by atoms with Gasteiger partial charge in [0.1, 0.15) is 0 Å². The smallest absolute Gasteiger partial charge is 0.273 e. The van der Waals surface area contributed by atoms with Gasteiger partial charge >= 0.3 is 0 Å². The number of benzene rings is 2. The molecule has 124 valence electrons. The highest BCUT2D eigenvalue weighted by molar-refractivity contribution is 5.93. The first-order chi connectivity index (χ1) is 11.7. The molecule has 0 aliphatic rings. The SMILES string of the molecule is CC[C@H](COC)NC(=O)c1cc(-c2ccc3ccccc3c2)on1. The zero-order valence-electron chi connectivity index (χ0n) is 13.8. The molecule has 2 aromatic carbocycles. The molecule has 1 N–H and O–H groups in total. The fourth-order valence-corrected chi connectivity index (χ4v) is 2.58. The lowest BCUT2D eigenvalue weighted by molar-refractivity contribution is 0.0886. The predicted octanol–water partition coefficient (Wildman–Crippen LogP) is 3.65. The number of methoxy groups -OCH3 is 1. The van der Waals surface area contributed by atoms with E-state index in [9.17, 15) is 4.79 Å². The first kappa shape index (κ1) is 16.2. The molecule has 3 aromatic rings. The topological polar surface area (TPSA) is 64.4 Å². The third-order valence-corrected chi connectivity index (χ3v) is 3.97. The highest BCUT2D eigenvalue weighted by atomic mass is 16.5. The average molecular weight is 324 g/mol. The number of fused-ring (bicyclic) bond motifs is 1. The maximum atomic E-state index is 12.3. The molecule has 24 heavy (non-hydrogen) atoms. The Kier molecular flexibility index (Phi) is 4.91. The fraction of sp³-hybridized carbons (Fsp3) is 0.263. The molecule has 0 spiro atoms. The Bertz CT molecular complexity index is 841. The van der Waals surface area contributed by atoms with E-state index in [-0.39, 0.29) is 17.6 Å². The lowest BCUT2D eigenvalue weighted by Crippen LogP contribution is -2.37. The molecule has 0 saturated heterocycles. The van der Waals surface area contributed by atoms with Crippen molar-refractivity contribution in [1.29, 1.82) is 0 Å². The molecule has 0 bridgehead atoms. The van der Waals surface area contributed by atoms with E-state index in [1.165, 1.54) is 0 Å². The minimum absolute atomic E-state index is 0.0386. The first-order valence-electron chi connectivity index (χ1n) is 7.97. The molecular formula is C19H20N2O3. The number of amides is 1. The van der Waals surface area contributed by atoms with Gasteiger partial charge in [-0.2, -0.15) is 0 Å². The molecule has 1 aromatic heterocycles. The summed E-state index contributed by atoms with van der Waals surface area (Å²) in [7, 11) is 1.61. The van der Waals surface area contributed by atoms with Crippen LogP contribution in [0.1, 0.15) is 23.8 Å². The van der Waals surface area contributed by atoms with Crippen molar-refractivity contribution in [3.8, 4) is 11.3 Å². The number of aromatic nitrogens is 1. The zero-order valence-corrected chi connectivity index (χ0v) is 13.8. The van der Waals surface area contributed by atoms with Crippen molar-refractivity contribution in [2.24, 2.45) is 0 Å². The van der Waals surface area contributed by atoms with Gasteiger partial charge in [-0.3, -0.25) is 4.79 Å². The number of hydrogen-bond donors (Lipinski definition) is 1. The maximum Gasteiger partial charge on any atom is 0.273 e. The van der Waals surface area contributed by atoms with E-state index in [0.29, 0.717) is 12.4 Å². The molecule has 0 aliphatic carbocycles. The number of hydrogen-bond acceptors (Lipinski definition) is 4. The van der Waals surface area contributed by atoms with Gasteiger partial charge in [0.25, 0.3) is 5.91 Å². The minimum Gasteiger partial charge on any atom is -0.383 e. The molecule has 3 rings (SSSR count). The van der Waals surface area contributed by atoms with Gasteiger partial charge in [-0.15, -0.1) is 0 Å². The Morgan fingerprint density at radius 3 is 2.75 bits per heavy atom. The quantitative estimate of drug-likeness (QED) is 0.752. The van der Waals surface area contributed by atoms with Gasteiger partial charge in [0.15, 0.2) is 11.5 Å². The highest BCUT2D eigenvalue weighted by Crippen LogP contribution is 2.25. The highest BCUT2D eigenvalue weighted by Gasteiger charge is 2.17. The van der Waals surface area contributed by atoms with Crippen LogP contribution in [0.2, 0.25) is 0 Å². The van der Waals surface area contributed by atoms with Crippen LogP contribution in [0.15, 0.2) is 53.1 Å². The third-order valence-electron chi connectivity index (χ3n) is 3.97. The summed E-state index contributed by atoms with van der Waals surface area (Å²) in [6, 6.07) is 15.7. The second kappa shape index (κ2) is 7.27. The van der Waals surface area contributed by atoms with Gasteiger partial charge in [0.2, 0.25) is 0 Å². The lowest BCUT2D eigenvalue weighted by atomic mass is 10.1. The van der Waals surface area contributed by atoms with Gasteiger partial charge in [0.05, 0.1) is 12.6 Å². The van der Waals surface area contributed by atoms with Crippen molar-refractivity contribution in [3.05, 3.63) is 54.2 Å². The van der Waals surface area contributed by atoms with E-state index in [1.54, 1.807) is 13.2 Å². The molecule has 0 unspecified atom stereocenters. The molecule has 1 amide bonds. The van der Waals surface area contributed by atoms with Crippen molar-refractivity contribution in [3.63, 3.8) is 0 Å². The molecule has 5 nitrogen and oxygen atoms in total. The van der Waals surface area contributed by atoms with Crippen LogP contribution >= 0.6 is 0 Å². The normalized spacial score (nSPS) is 12.2. The number of nitrogens with zero attached hydrogens (tertiary/aromatic N) is 1. The van der Waals surface area contributed by atoms with Gasteiger partial charge in [-0.1, -0.05) is 48.5 Å². The summed E-state index contributed by atoms with van der Waals surface area (Å²) in [4.78, 5) is 12.3. The number of nitrogens with one attached hydrogen (secondary N) is 1. The van der Waals surface area contributed by atoms with Crippen molar-refractivity contribution in [2.45, 2.75) is 19.4 Å². The van der Waals surface area contributed by atoms with Crippen LogP contribution in [-0.2, 0) is 4.74 Å². The minimum atomic E-state index is -0.255. The van der Waals surface area contributed by atoms with Crippen molar-refractivity contribution >= 4 is 16.7 Å². The molecule has 0 aliphatic heterocycles. The monoisotopic (exact) mass is 324 g/mol. The summed E-state index contributed by atoms with van der Waals surface area (Å²) in [6.45, 7) is 2.46. The standard InChI is InChI=1S/C19H20N2O3/c1-3-16(12-23-2)20-19(22)17-11-18(24-21-17)15-9-8-13-6-4-5-7-14(13)10-15/h4-11,16H,3,12H2,1-2H3,(H,20,22)/t16-/m1/s1. The van der Waals surface area contributed by atoms with E-state index in [0.717, 1.165) is 22.8 Å². The molecule has 5 heteroatoms. The second-order valence-corrected chi connectivity index (χ2v) is 5.67. The van der Waals surface area contributed by atoms with Gasteiger partial charge in [0, 0.05) is 18.7 Å². The summed E-state index contributed by atoms with van der Waals surface area (Å²) < 4.78 is 10.4. The molecule has 0 fully saturated rings. The molecule has 1 atom stereocenters. The summed E-state index contributed by atoms with van der Waals surface area (Å²) in [5.41, 5.74) is 1.16. The molecule has 0 radical (unpaired) electrons. The van der Waals surface area contributed by atoms with Crippen molar-refractivity contribution < 1.29 is 14.1 Å². The Morgan fingerprint density at radius 1 is 1.21 bits per heavy atom. The third kappa shape index (κ3) is 3.46. The summed E-state index contributed by atoms with van der Waals surface area (Å²) in [5, 5.41) is 9.06. The van der Waals surface area contributed by atoms with Crippen LogP contribution in [0.3, 0.4) is 0 Å². The van der Waals surface area contributed by atoms with Crippen molar-refractivity contribution in [2.75, 3.05) is 13.7 Å². The molecule has 0 saturated carbocycles. The van der Waals surface area contributed by atoms with Crippen LogP contribution in [0.25, 0.3) is 22.1 Å². The van der Waals surface area contributed by atoms with Crippen LogP contribution < -0.4 is 5.32 Å². The maximum absolute atomic E-state index is 12.3. The molecule has 1 heterocycles. The van der Waals surface area contributed by atoms with E-state index in [1.807, 2.05) is 43.3 Å². The van der Waals surface area contributed by atoms with Crippen LogP contribution in [0.4, 0.5) is 0 Å². The van der Waals surface area contributed by atoms with Crippen LogP contribution in [-0.4, -0.2) is 30.8 Å². The predicted molar refractivity (Wildman–Crippen MR) is 92.9 cm³/mol. The van der Waals surface area contributed by atoms with Crippen LogP contribution in [0.5, 0.6) is 0 Å². The summed E-state index contributed by atoms with van der Waals surface area (Å²) in [5.74, 6) is 0.320. The van der Waals surface area contributed by atoms with Crippen LogP contribution in [0, 0.1) is 0 Å². The average Bonchev–Trinajstić information content (AvgIpc) is 3.11. The Balaban J connectivity index is 1.80. The first-order valence-corrected chi connectivity index (χ1v) is 7.97. The van der Waals surface area contributed by atoms with Crippen molar-refractivity contribution in [1.82, 2.24) is 10.5 Å². The van der Waals surface area contributed by atoms with E-state index in [4.69, 9.17) is 9.26 Å². The Hall–Kier alpha value is -2.66.